The van der Waals surface area contributed by atoms with Gasteiger partial charge in [0.25, 0.3) is 5.56 Å². The predicted octanol–water partition coefficient (Wildman–Crippen LogP) is 2.03. The molecule has 0 saturated carbocycles. The number of nitrogens with one attached hydrogen (secondary N) is 1. The van der Waals surface area contributed by atoms with E-state index in [9.17, 15) is 4.79 Å². The summed E-state index contributed by atoms with van der Waals surface area (Å²) in [5, 5.41) is 0. The van der Waals surface area contributed by atoms with E-state index in [4.69, 9.17) is 0 Å². The third kappa shape index (κ3) is 1.74. The maximum atomic E-state index is 12.2. The first-order valence-electron chi connectivity index (χ1n) is 6.10. The van der Waals surface area contributed by atoms with Gasteiger partial charge in [0.2, 0.25) is 0 Å². The summed E-state index contributed by atoms with van der Waals surface area (Å²) in [6.07, 6.45) is 0. The first kappa shape index (κ1) is 11.6. The molecule has 0 saturated heterocycles. The SMILES string of the molecule is Cc1nc2nc(C)n(-c3ccccc3C)c2c(=O)[nH]1. The van der Waals surface area contributed by atoms with Crippen LogP contribution in [0.25, 0.3) is 16.9 Å². The maximum absolute atomic E-state index is 12.2. The molecule has 0 radical (unpaired) electrons. The van der Waals surface area contributed by atoms with Gasteiger partial charge in [-0.3, -0.25) is 9.36 Å². The fourth-order valence-electron chi connectivity index (χ4n) is 2.32. The van der Waals surface area contributed by atoms with E-state index in [1.807, 2.05) is 42.7 Å². The molecule has 19 heavy (non-hydrogen) atoms. The summed E-state index contributed by atoms with van der Waals surface area (Å²) in [5.41, 5.74) is 2.87. The third-order valence-corrected chi connectivity index (χ3v) is 3.17. The van der Waals surface area contributed by atoms with Gasteiger partial charge in [-0.15, -0.1) is 0 Å². The van der Waals surface area contributed by atoms with E-state index in [2.05, 4.69) is 15.0 Å². The molecule has 5 nitrogen and oxygen atoms in total. The van der Waals surface area contributed by atoms with E-state index in [0.717, 1.165) is 17.1 Å². The van der Waals surface area contributed by atoms with Gasteiger partial charge in [0.05, 0.1) is 5.69 Å². The van der Waals surface area contributed by atoms with Crippen LogP contribution in [-0.2, 0) is 0 Å². The first-order valence-corrected chi connectivity index (χ1v) is 6.10. The van der Waals surface area contributed by atoms with Gasteiger partial charge in [-0.05, 0) is 32.4 Å². The fourth-order valence-corrected chi connectivity index (χ4v) is 2.32. The lowest BCUT2D eigenvalue weighted by Gasteiger charge is -2.09. The minimum absolute atomic E-state index is 0.161. The average Bonchev–Trinajstić information content (AvgIpc) is 2.66. The van der Waals surface area contributed by atoms with Gasteiger partial charge < -0.3 is 4.98 Å². The van der Waals surface area contributed by atoms with Gasteiger partial charge in [0.1, 0.15) is 11.6 Å². The number of nitrogens with zero attached hydrogens (tertiary/aromatic N) is 3. The molecule has 0 fully saturated rings. The molecule has 0 aliphatic rings. The van der Waals surface area contributed by atoms with Crippen LogP contribution in [0.2, 0.25) is 0 Å². The Morgan fingerprint density at radius 1 is 1.11 bits per heavy atom. The van der Waals surface area contributed by atoms with Crippen LogP contribution < -0.4 is 5.56 Å². The Labute approximate surface area is 110 Å². The van der Waals surface area contributed by atoms with Gasteiger partial charge in [-0.1, -0.05) is 18.2 Å². The van der Waals surface area contributed by atoms with E-state index in [1.165, 1.54) is 0 Å². The van der Waals surface area contributed by atoms with Crippen LogP contribution in [0.3, 0.4) is 0 Å². The Morgan fingerprint density at radius 3 is 2.58 bits per heavy atom. The molecular weight excluding hydrogens is 240 g/mol. The van der Waals surface area contributed by atoms with Crippen molar-refractivity contribution in [1.29, 1.82) is 0 Å². The van der Waals surface area contributed by atoms with Crippen LogP contribution in [0.1, 0.15) is 17.2 Å². The molecule has 2 heterocycles. The van der Waals surface area contributed by atoms with Gasteiger partial charge in [-0.2, -0.15) is 0 Å². The highest BCUT2D eigenvalue weighted by Gasteiger charge is 2.15. The van der Waals surface area contributed by atoms with Crippen molar-refractivity contribution in [2.24, 2.45) is 0 Å². The van der Waals surface area contributed by atoms with Crippen molar-refractivity contribution < 1.29 is 0 Å². The number of benzene rings is 1. The second-order valence-corrected chi connectivity index (χ2v) is 4.60. The summed E-state index contributed by atoms with van der Waals surface area (Å²) >= 11 is 0. The van der Waals surface area contributed by atoms with Crippen molar-refractivity contribution in [2.45, 2.75) is 20.8 Å². The number of aryl methyl sites for hydroxylation is 3. The largest absolute Gasteiger partial charge is 0.309 e. The van der Waals surface area contributed by atoms with Crippen molar-refractivity contribution in [3.05, 3.63) is 51.8 Å². The molecule has 0 spiro atoms. The van der Waals surface area contributed by atoms with Crippen molar-refractivity contribution in [3.63, 3.8) is 0 Å². The highest BCUT2D eigenvalue weighted by molar-refractivity contribution is 5.73. The summed E-state index contributed by atoms with van der Waals surface area (Å²) < 4.78 is 1.86. The highest BCUT2D eigenvalue weighted by atomic mass is 16.1. The average molecular weight is 254 g/mol. The fraction of sp³-hybridized carbons (Fsp3) is 0.214. The number of imidazole rings is 1. The standard InChI is InChI=1S/C14H14N4O/c1-8-6-4-5-7-11(8)18-10(3)17-13-12(18)14(19)16-9(2)15-13/h4-7H,1-3H3,(H,15,16,19). The minimum Gasteiger partial charge on any atom is -0.309 e. The van der Waals surface area contributed by atoms with E-state index < -0.39 is 0 Å². The van der Waals surface area contributed by atoms with Crippen LogP contribution >= 0.6 is 0 Å². The van der Waals surface area contributed by atoms with Gasteiger partial charge in [-0.25, -0.2) is 9.97 Å². The number of hydrogen-bond donors (Lipinski definition) is 1. The van der Waals surface area contributed by atoms with E-state index in [1.54, 1.807) is 6.92 Å². The van der Waals surface area contributed by atoms with Crippen LogP contribution in [0.15, 0.2) is 29.1 Å². The molecule has 3 aromatic rings. The second-order valence-electron chi connectivity index (χ2n) is 4.60. The normalized spacial score (nSPS) is 11.1. The predicted molar refractivity (Wildman–Crippen MR) is 73.7 cm³/mol. The molecule has 0 aliphatic heterocycles. The molecule has 1 aromatic carbocycles. The van der Waals surface area contributed by atoms with Gasteiger partial charge in [0.15, 0.2) is 11.2 Å². The zero-order chi connectivity index (χ0) is 13.6. The molecular formula is C14H14N4O. The summed E-state index contributed by atoms with van der Waals surface area (Å²) in [5.74, 6) is 1.33. The molecule has 96 valence electrons. The quantitative estimate of drug-likeness (QED) is 0.722. The number of aromatic amines is 1. The third-order valence-electron chi connectivity index (χ3n) is 3.17. The van der Waals surface area contributed by atoms with Crippen molar-refractivity contribution in [1.82, 2.24) is 19.5 Å². The Hall–Kier alpha value is -2.43. The summed E-state index contributed by atoms with van der Waals surface area (Å²) in [4.78, 5) is 23.6. The lowest BCUT2D eigenvalue weighted by molar-refractivity contribution is 0.981. The number of fused-ring (bicyclic) bond motifs is 1. The lowest BCUT2D eigenvalue weighted by Crippen LogP contribution is -2.13. The second kappa shape index (κ2) is 4.05. The number of para-hydroxylation sites is 1. The number of H-pyrrole nitrogens is 1. The molecule has 0 unspecified atom stereocenters. The summed E-state index contributed by atoms with van der Waals surface area (Å²) in [6, 6.07) is 7.91. The number of rotatable bonds is 1. The topological polar surface area (TPSA) is 63.6 Å². The summed E-state index contributed by atoms with van der Waals surface area (Å²) in [6.45, 7) is 5.64. The number of hydrogen-bond acceptors (Lipinski definition) is 3. The Bertz CT molecular complexity index is 829. The van der Waals surface area contributed by atoms with Gasteiger partial charge in [0, 0.05) is 0 Å². The van der Waals surface area contributed by atoms with Crippen molar-refractivity contribution in [2.75, 3.05) is 0 Å². The minimum atomic E-state index is -0.161. The lowest BCUT2D eigenvalue weighted by atomic mass is 10.2. The molecule has 0 atom stereocenters. The Kier molecular flexibility index (Phi) is 2.48. The van der Waals surface area contributed by atoms with Crippen LogP contribution in [0, 0.1) is 20.8 Å². The van der Waals surface area contributed by atoms with E-state index in [-0.39, 0.29) is 5.56 Å². The number of aromatic nitrogens is 4. The monoisotopic (exact) mass is 254 g/mol. The molecule has 1 N–H and O–H groups in total. The molecule has 0 amide bonds. The Balaban J connectivity index is 2.46. The van der Waals surface area contributed by atoms with E-state index in [0.29, 0.717) is 17.0 Å². The zero-order valence-electron chi connectivity index (χ0n) is 11.1. The highest BCUT2D eigenvalue weighted by Crippen LogP contribution is 2.20. The van der Waals surface area contributed by atoms with Crippen LogP contribution in [0.4, 0.5) is 0 Å². The van der Waals surface area contributed by atoms with Crippen LogP contribution in [0.5, 0.6) is 0 Å². The molecule has 3 rings (SSSR count). The molecule has 0 bridgehead atoms. The van der Waals surface area contributed by atoms with E-state index >= 15 is 0 Å². The molecule has 2 aromatic heterocycles. The van der Waals surface area contributed by atoms with Gasteiger partial charge >= 0.3 is 0 Å². The van der Waals surface area contributed by atoms with Crippen molar-refractivity contribution >= 4 is 11.2 Å². The zero-order valence-corrected chi connectivity index (χ0v) is 11.1. The van der Waals surface area contributed by atoms with Crippen molar-refractivity contribution in [3.8, 4) is 5.69 Å². The Morgan fingerprint density at radius 2 is 1.84 bits per heavy atom. The molecule has 5 heteroatoms. The van der Waals surface area contributed by atoms with Crippen LogP contribution in [-0.4, -0.2) is 19.5 Å². The maximum Gasteiger partial charge on any atom is 0.277 e. The smallest absolute Gasteiger partial charge is 0.277 e. The molecule has 0 aliphatic carbocycles. The summed E-state index contributed by atoms with van der Waals surface area (Å²) in [7, 11) is 0. The first-order chi connectivity index (χ1) is 9.08.